The molecule has 0 amide bonds. The second-order valence-corrected chi connectivity index (χ2v) is 37.0. The summed E-state index contributed by atoms with van der Waals surface area (Å²) >= 11 is 12.1. The van der Waals surface area contributed by atoms with E-state index in [0.29, 0.717) is 36.4 Å². The number of rotatable bonds is 28. The van der Waals surface area contributed by atoms with Crippen LogP contribution in [-0.2, 0) is 110 Å². The smallest absolute Gasteiger partial charge is 0.744 e. The number of azo groups is 2. The van der Waals surface area contributed by atoms with E-state index in [2.05, 4.69) is 80.0 Å². The number of sulfone groups is 2. The van der Waals surface area contributed by atoms with Gasteiger partial charge in [0.25, 0.3) is 20.2 Å². The summed E-state index contributed by atoms with van der Waals surface area (Å²) in [5.74, 6) is -5.71. The first-order chi connectivity index (χ1) is 51.6. The van der Waals surface area contributed by atoms with Gasteiger partial charge in [-0.1, -0.05) is 12.1 Å². The van der Waals surface area contributed by atoms with Crippen molar-refractivity contribution >= 4 is 215 Å². The largest absolute Gasteiger partial charge is 1.00 e. The third-order valence-electron chi connectivity index (χ3n) is 13.9. The number of nitrogens with zero attached hydrogens (tertiary/aromatic N) is 10. The average molecular weight is 1880 g/mol. The Morgan fingerprint density at radius 3 is 0.957 bits per heavy atom. The molecule has 2 heterocycles. The minimum Gasteiger partial charge on any atom is -0.744 e. The number of aromatic hydroxyl groups is 2. The van der Waals surface area contributed by atoms with E-state index in [1.54, 1.807) is 0 Å². The summed E-state index contributed by atoms with van der Waals surface area (Å²) in [4.78, 5) is 17.2. The van der Waals surface area contributed by atoms with Crippen molar-refractivity contribution in [2.75, 3.05) is 46.0 Å². The fourth-order valence-electron chi connectivity index (χ4n) is 9.26. The van der Waals surface area contributed by atoms with Crippen molar-refractivity contribution in [2.45, 2.75) is 39.2 Å². The molecule has 0 aliphatic rings. The molecule has 2 aromatic heterocycles. The SMILES string of the molecule is O=S(=O)(O)OCCS(=O)(=O)c1ccc(N=Nc2c(S(=O)(=O)[O-])cc3cc(S(=O)(=O)[O-])cc(Nc4nc(Cl)nc(Nc5cccc(S(=O)(=O)O)c5)n4)c3c2O)cc1.O=S(=O)(O)OCCS(=O)(=O)c1ccc(N=Nc2c(S(=O)(=O)[O-])cc3cc(S(=O)(=O)[O-])cc(Nc4nc(Cl)nc(Nc5cccc(S(=O)(=O)O)c5)n4)c3c2O)cc1.[Na+].[Na+].[Na+].[Na+]. The zero-order valence-electron chi connectivity index (χ0n) is 58.1. The van der Waals surface area contributed by atoms with Crippen LogP contribution in [0.25, 0.3) is 21.5 Å². The molecule has 0 aliphatic heterocycles. The molecule has 0 aliphatic carbocycles. The molecule has 10 aromatic rings. The molecule has 596 valence electrons. The molecule has 0 saturated heterocycles. The number of halogens is 2. The number of aromatic nitrogens is 6. The van der Waals surface area contributed by atoms with Crippen LogP contribution < -0.4 is 139 Å². The molecule has 46 nitrogen and oxygen atoms in total. The maximum absolute atomic E-state index is 12.5. The van der Waals surface area contributed by atoms with Gasteiger partial charge < -0.3 is 49.7 Å². The number of hydrogen-bond acceptors (Lipinski definition) is 42. The Kier molecular flexibility index (Phi) is 34.0. The van der Waals surface area contributed by atoms with Crippen molar-refractivity contribution in [3.8, 4) is 11.5 Å². The summed E-state index contributed by atoms with van der Waals surface area (Å²) in [7, 11) is -49.1. The Morgan fingerprint density at radius 1 is 0.362 bits per heavy atom. The number of anilines is 8. The van der Waals surface area contributed by atoms with Gasteiger partial charge in [0.15, 0.2) is 31.2 Å². The molecule has 0 saturated carbocycles. The fourth-order valence-corrected chi connectivity index (χ4v) is 16.0. The minimum absolute atomic E-state index is 0. The summed E-state index contributed by atoms with van der Waals surface area (Å²) in [5, 5.41) is 44.8. The molecule has 116 heavy (non-hydrogen) atoms. The van der Waals surface area contributed by atoms with Gasteiger partial charge in [-0.2, -0.15) is 73.8 Å². The van der Waals surface area contributed by atoms with E-state index in [9.17, 15) is 122 Å². The van der Waals surface area contributed by atoms with E-state index in [0.717, 1.165) is 72.8 Å². The Labute approximate surface area is 754 Å². The number of nitrogens with one attached hydrogen (secondary N) is 4. The van der Waals surface area contributed by atoms with Gasteiger partial charge in [0.2, 0.25) is 34.4 Å². The quantitative estimate of drug-likeness (QED) is 0.0124. The van der Waals surface area contributed by atoms with Crippen molar-refractivity contribution in [3.05, 3.63) is 144 Å². The molecule has 10 rings (SSSR count). The van der Waals surface area contributed by atoms with Gasteiger partial charge in [-0.15, -0.1) is 10.2 Å². The molecule has 0 unspecified atom stereocenters. The van der Waals surface area contributed by atoms with E-state index in [1.807, 2.05) is 0 Å². The molecule has 0 spiro atoms. The van der Waals surface area contributed by atoms with Crippen LogP contribution in [0.5, 0.6) is 11.5 Å². The van der Waals surface area contributed by atoms with E-state index < -0.39 is 234 Å². The van der Waals surface area contributed by atoms with Crippen LogP contribution in [0.2, 0.25) is 10.6 Å². The molecule has 62 heteroatoms. The second-order valence-electron chi connectivity index (χ2n) is 21.6. The van der Waals surface area contributed by atoms with Crippen LogP contribution in [0, 0.1) is 0 Å². The first kappa shape index (κ1) is 101. The van der Waals surface area contributed by atoms with E-state index >= 15 is 0 Å². The zero-order valence-corrected chi connectivity index (χ0v) is 75.8. The van der Waals surface area contributed by atoms with Gasteiger partial charge in [0.1, 0.15) is 51.8 Å². The van der Waals surface area contributed by atoms with Crippen molar-refractivity contribution in [2.24, 2.45) is 20.5 Å². The molecule has 0 radical (unpaired) electrons. The third-order valence-corrected chi connectivity index (χ3v) is 23.6. The number of phenolic OH excluding ortho intramolecular Hbond substituents is 2. The minimum atomic E-state index is -5.55. The summed E-state index contributed by atoms with van der Waals surface area (Å²) in [6.45, 7) is -1.83. The van der Waals surface area contributed by atoms with Gasteiger partial charge >= 0.3 is 139 Å². The zero-order chi connectivity index (χ0) is 82.9. The van der Waals surface area contributed by atoms with Crippen LogP contribution in [0.1, 0.15) is 0 Å². The molecule has 8 aromatic carbocycles. The fraction of sp³-hybridized carbons (Fsp3) is 0.0741. The maximum atomic E-state index is 12.5. The Balaban J connectivity index is 0.000000400. The molecule has 0 fully saturated rings. The summed E-state index contributed by atoms with van der Waals surface area (Å²) < 4.78 is 329. The Bertz CT molecular complexity index is 6410. The van der Waals surface area contributed by atoms with Crippen molar-refractivity contribution in [1.29, 1.82) is 0 Å². The third kappa shape index (κ3) is 27.5. The summed E-state index contributed by atoms with van der Waals surface area (Å²) in [6, 6.07) is 21.4. The van der Waals surface area contributed by atoms with Crippen LogP contribution in [0.3, 0.4) is 0 Å². The van der Waals surface area contributed by atoms with Crippen molar-refractivity contribution in [3.63, 3.8) is 0 Å². The number of phenols is 2. The van der Waals surface area contributed by atoms with Gasteiger partial charge in [-0.25, -0.2) is 58.9 Å². The van der Waals surface area contributed by atoms with Crippen LogP contribution in [-0.4, -0.2) is 185 Å². The van der Waals surface area contributed by atoms with Crippen LogP contribution in [0.4, 0.5) is 69.3 Å². The second kappa shape index (κ2) is 39.2. The monoisotopic (exact) mass is 1880 g/mol. The maximum Gasteiger partial charge on any atom is 1.00 e. The van der Waals surface area contributed by atoms with E-state index in [1.165, 1.54) is 24.3 Å². The number of benzene rings is 8. The summed E-state index contributed by atoms with van der Waals surface area (Å²) in [5.41, 5.74) is -3.31. The average Bonchev–Trinajstić information content (AvgIpc) is 0.750. The molecule has 0 atom stereocenters. The van der Waals surface area contributed by atoms with Crippen molar-refractivity contribution in [1.82, 2.24) is 29.9 Å². The summed E-state index contributed by atoms with van der Waals surface area (Å²) in [6.07, 6.45) is 0. The first-order valence-corrected chi connectivity index (χ1v) is 44.2. The molecular formula is C54H40Cl2N14Na4O32S10. The Morgan fingerprint density at radius 2 is 0.672 bits per heavy atom. The predicted molar refractivity (Wildman–Crippen MR) is 379 cm³/mol. The van der Waals surface area contributed by atoms with Crippen molar-refractivity contribution < 1.29 is 257 Å². The molecular weight excluding hydrogens is 1840 g/mol. The normalized spacial score (nSPS) is 12.5. The van der Waals surface area contributed by atoms with Gasteiger partial charge in [-0.05, 0) is 155 Å². The Hall–Kier alpha value is -6.02. The van der Waals surface area contributed by atoms with Gasteiger partial charge in [0.05, 0.1) is 86.6 Å². The first-order valence-electron chi connectivity index (χ1n) is 28.9. The van der Waals surface area contributed by atoms with Crippen LogP contribution >= 0.6 is 23.2 Å². The van der Waals surface area contributed by atoms with Crippen LogP contribution in [0.15, 0.2) is 193 Å². The van der Waals surface area contributed by atoms with E-state index in [4.69, 9.17) is 32.3 Å². The molecule has 0 bridgehead atoms. The van der Waals surface area contributed by atoms with Gasteiger partial charge in [0, 0.05) is 22.1 Å². The topological polar surface area (TPSA) is 748 Å². The van der Waals surface area contributed by atoms with Gasteiger partial charge in [-0.3, -0.25) is 18.2 Å². The standard InChI is InChI=1S/2C27H22ClN7O16S5.4Na/c2*28-25-31-26(29-16-2-1-3-18(12-16)53(39,40)41)33-27(32-25)30-20-13-19(54(42,43)44)10-14-11-21(55(45,46)47)23(24(36)22(14)20)35-34-15-4-6-17(7-5-15)52(37,38)9-8-51-56(48,49)50;;;;/h2*1-7,10-13,36H,8-9H2,(H,39,40,41)(H,42,43,44)(H,45,46,47)(H,48,49,50)(H2,29,30,31,32,33);;;;/q;;4*+1/p-4. The van der Waals surface area contributed by atoms with E-state index in [-0.39, 0.29) is 163 Å². The number of hydrogen-bond donors (Lipinski definition) is 10. The number of fused-ring (bicyclic) bond motifs is 2. The predicted octanol–water partition coefficient (Wildman–Crippen LogP) is -6.12. The molecule has 10 N–H and O–H groups in total.